The smallest absolute Gasteiger partial charge is 0.0452 e. The zero-order valence-electron chi connectivity index (χ0n) is 13.2. The second-order valence-electron chi connectivity index (χ2n) is 6.45. The minimum Gasteiger partial charge on any atom is -0.319 e. The van der Waals surface area contributed by atoms with Gasteiger partial charge in [0.15, 0.2) is 0 Å². The zero-order valence-corrected chi connectivity index (χ0v) is 14.7. The summed E-state index contributed by atoms with van der Waals surface area (Å²) in [6.07, 6.45) is 7.71. The quantitative estimate of drug-likeness (QED) is 0.718. The van der Waals surface area contributed by atoms with Crippen LogP contribution >= 0.6 is 23.2 Å². The molecule has 3 atom stereocenters. The highest BCUT2D eigenvalue weighted by atomic mass is 35.5. The lowest BCUT2D eigenvalue weighted by Crippen LogP contribution is -2.33. The predicted octanol–water partition coefficient (Wildman–Crippen LogP) is 5.59. The van der Waals surface area contributed by atoms with Gasteiger partial charge in [-0.15, -0.1) is 0 Å². The molecule has 1 aromatic carbocycles. The van der Waals surface area contributed by atoms with Crippen molar-refractivity contribution in [2.24, 2.45) is 17.8 Å². The van der Waals surface area contributed by atoms with Gasteiger partial charge in [0.2, 0.25) is 0 Å². The summed E-state index contributed by atoms with van der Waals surface area (Å²) in [5.74, 6) is 2.32. The molecule has 0 aliphatic heterocycles. The van der Waals surface area contributed by atoms with Crippen LogP contribution in [0.1, 0.15) is 44.6 Å². The van der Waals surface area contributed by atoms with E-state index in [1.54, 1.807) is 0 Å². The van der Waals surface area contributed by atoms with Crippen molar-refractivity contribution in [2.45, 2.75) is 45.4 Å². The molecule has 21 heavy (non-hydrogen) atoms. The summed E-state index contributed by atoms with van der Waals surface area (Å²) >= 11 is 12.7. The first-order valence-corrected chi connectivity index (χ1v) is 8.98. The molecule has 0 spiro atoms. The normalized spacial score (nSPS) is 26.0. The largest absolute Gasteiger partial charge is 0.319 e. The summed E-state index contributed by atoms with van der Waals surface area (Å²) in [4.78, 5) is 0. The fourth-order valence-corrected chi connectivity index (χ4v) is 4.42. The van der Waals surface area contributed by atoms with Gasteiger partial charge in [-0.3, -0.25) is 0 Å². The Hall–Kier alpha value is -0.240. The summed E-state index contributed by atoms with van der Waals surface area (Å²) in [6, 6.07) is 5.85. The monoisotopic (exact) mass is 327 g/mol. The van der Waals surface area contributed by atoms with Crippen LogP contribution in [0.2, 0.25) is 10.0 Å². The van der Waals surface area contributed by atoms with Crippen molar-refractivity contribution in [1.82, 2.24) is 5.32 Å². The van der Waals surface area contributed by atoms with Gasteiger partial charge >= 0.3 is 0 Å². The Bertz CT molecular complexity index is 427. The first-order chi connectivity index (χ1) is 10.2. The summed E-state index contributed by atoms with van der Waals surface area (Å²) < 4.78 is 0. The van der Waals surface area contributed by atoms with Crippen molar-refractivity contribution in [3.05, 3.63) is 33.8 Å². The lowest BCUT2D eigenvalue weighted by molar-refractivity contribution is 0.169. The molecule has 3 unspecified atom stereocenters. The number of benzene rings is 1. The van der Waals surface area contributed by atoms with Gasteiger partial charge in [0.1, 0.15) is 0 Å². The van der Waals surface area contributed by atoms with Gasteiger partial charge in [-0.05, 0) is 68.3 Å². The highest BCUT2D eigenvalue weighted by Gasteiger charge is 2.30. The number of hydrogen-bond donors (Lipinski definition) is 1. The first kappa shape index (κ1) is 17.1. The van der Waals surface area contributed by atoms with Gasteiger partial charge in [0.05, 0.1) is 0 Å². The second-order valence-corrected chi connectivity index (χ2v) is 7.26. The molecule has 0 bridgehead atoms. The maximum absolute atomic E-state index is 6.37. The molecule has 118 valence electrons. The Kier molecular flexibility index (Phi) is 6.85. The average molecular weight is 328 g/mol. The fraction of sp³-hybridized carbons (Fsp3) is 0.667. The van der Waals surface area contributed by atoms with Gasteiger partial charge in [-0.1, -0.05) is 55.5 Å². The maximum Gasteiger partial charge on any atom is 0.0452 e. The highest BCUT2D eigenvalue weighted by molar-refractivity contribution is 6.35. The van der Waals surface area contributed by atoms with E-state index in [0.717, 1.165) is 40.4 Å². The van der Waals surface area contributed by atoms with Crippen LogP contribution in [-0.2, 0) is 6.42 Å². The van der Waals surface area contributed by atoms with E-state index in [4.69, 9.17) is 23.2 Å². The highest BCUT2D eigenvalue weighted by Crippen LogP contribution is 2.39. The molecule has 2 rings (SSSR count). The van der Waals surface area contributed by atoms with E-state index in [2.05, 4.69) is 19.3 Å². The molecule has 1 aliphatic carbocycles. The van der Waals surface area contributed by atoms with Gasteiger partial charge < -0.3 is 5.32 Å². The van der Waals surface area contributed by atoms with Crippen molar-refractivity contribution in [3.63, 3.8) is 0 Å². The Balaban J connectivity index is 2.12. The van der Waals surface area contributed by atoms with E-state index >= 15 is 0 Å². The Morgan fingerprint density at radius 3 is 2.48 bits per heavy atom. The molecule has 3 heteroatoms. The van der Waals surface area contributed by atoms with Crippen LogP contribution < -0.4 is 5.32 Å². The van der Waals surface area contributed by atoms with Crippen molar-refractivity contribution >= 4 is 23.2 Å². The fourth-order valence-electron chi connectivity index (χ4n) is 3.86. The average Bonchev–Trinajstić information content (AvgIpc) is 2.46. The zero-order chi connectivity index (χ0) is 15.2. The van der Waals surface area contributed by atoms with Crippen LogP contribution in [0, 0.1) is 17.8 Å². The van der Waals surface area contributed by atoms with Crippen LogP contribution in [-0.4, -0.2) is 13.6 Å². The SMILES string of the molecule is CCCC1CCC(CNC)C(Cc2c(Cl)cccc2Cl)C1. The van der Waals surface area contributed by atoms with E-state index in [0.29, 0.717) is 5.92 Å². The van der Waals surface area contributed by atoms with Gasteiger partial charge in [0, 0.05) is 10.0 Å². The molecule has 1 aliphatic rings. The van der Waals surface area contributed by atoms with Gasteiger partial charge in [-0.2, -0.15) is 0 Å². The molecular formula is C18H27Cl2N. The van der Waals surface area contributed by atoms with Crippen LogP contribution in [0.25, 0.3) is 0 Å². The van der Waals surface area contributed by atoms with E-state index < -0.39 is 0 Å². The van der Waals surface area contributed by atoms with Crippen molar-refractivity contribution in [1.29, 1.82) is 0 Å². The summed E-state index contributed by atoms with van der Waals surface area (Å²) in [5, 5.41) is 5.01. The molecule has 1 nitrogen and oxygen atoms in total. The molecular weight excluding hydrogens is 301 g/mol. The standard InChI is InChI=1S/C18H27Cl2N/c1-3-5-13-8-9-14(12-21-2)15(10-13)11-16-17(19)6-4-7-18(16)20/h4,6-7,13-15,21H,3,5,8-12H2,1-2H3. The van der Waals surface area contributed by atoms with Crippen LogP contribution in [0.3, 0.4) is 0 Å². The molecule has 1 aromatic rings. The van der Waals surface area contributed by atoms with E-state index in [1.807, 2.05) is 18.2 Å². The van der Waals surface area contributed by atoms with Crippen molar-refractivity contribution in [2.75, 3.05) is 13.6 Å². The molecule has 1 fully saturated rings. The molecule has 0 radical (unpaired) electrons. The molecule has 0 amide bonds. The molecule has 0 heterocycles. The van der Waals surface area contributed by atoms with Gasteiger partial charge in [-0.25, -0.2) is 0 Å². The third-order valence-electron chi connectivity index (χ3n) is 4.94. The lowest BCUT2D eigenvalue weighted by Gasteiger charge is -2.36. The Morgan fingerprint density at radius 2 is 1.86 bits per heavy atom. The number of hydrogen-bond acceptors (Lipinski definition) is 1. The van der Waals surface area contributed by atoms with Crippen molar-refractivity contribution in [3.8, 4) is 0 Å². The maximum atomic E-state index is 6.37. The molecule has 0 aromatic heterocycles. The van der Waals surface area contributed by atoms with Crippen molar-refractivity contribution < 1.29 is 0 Å². The van der Waals surface area contributed by atoms with Crippen LogP contribution in [0.5, 0.6) is 0 Å². The first-order valence-electron chi connectivity index (χ1n) is 8.23. The molecule has 1 saturated carbocycles. The Morgan fingerprint density at radius 1 is 1.14 bits per heavy atom. The van der Waals surface area contributed by atoms with E-state index in [9.17, 15) is 0 Å². The van der Waals surface area contributed by atoms with Gasteiger partial charge in [0.25, 0.3) is 0 Å². The minimum atomic E-state index is 0.695. The molecule has 1 N–H and O–H groups in total. The summed E-state index contributed by atoms with van der Waals surface area (Å²) in [5.41, 5.74) is 1.14. The number of rotatable bonds is 6. The third-order valence-corrected chi connectivity index (χ3v) is 5.65. The predicted molar refractivity (Wildman–Crippen MR) is 93.3 cm³/mol. The third kappa shape index (κ3) is 4.61. The van der Waals surface area contributed by atoms with E-state index in [-0.39, 0.29) is 0 Å². The number of halogens is 2. The minimum absolute atomic E-state index is 0.695. The van der Waals surface area contributed by atoms with Crippen LogP contribution in [0.15, 0.2) is 18.2 Å². The summed E-state index contributed by atoms with van der Waals surface area (Å²) in [7, 11) is 2.05. The van der Waals surface area contributed by atoms with Crippen LogP contribution in [0.4, 0.5) is 0 Å². The second kappa shape index (κ2) is 8.41. The van der Waals surface area contributed by atoms with E-state index in [1.165, 1.54) is 32.1 Å². The lowest BCUT2D eigenvalue weighted by atomic mass is 9.70. The number of nitrogens with one attached hydrogen (secondary N) is 1. The topological polar surface area (TPSA) is 12.0 Å². The Labute approximate surface area is 139 Å². The molecule has 0 saturated heterocycles. The summed E-state index contributed by atoms with van der Waals surface area (Å²) in [6.45, 7) is 3.39.